The van der Waals surface area contributed by atoms with Crippen LogP contribution in [0.15, 0.2) is 45.9 Å². The molecule has 1 aliphatic rings. The highest BCUT2D eigenvalue weighted by Crippen LogP contribution is 2.42. The van der Waals surface area contributed by atoms with Gasteiger partial charge in [0.05, 0.1) is 10.6 Å². The number of benzene rings is 1. The van der Waals surface area contributed by atoms with Crippen molar-refractivity contribution in [3.63, 3.8) is 0 Å². The minimum absolute atomic E-state index is 0.556. The van der Waals surface area contributed by atoms with E-state index < -0.39 is 10.8 Å². The first-order valence-electron chi connectivity index (χ1n) is 9.42. The van der Waals surface area contributed by atoms with E-state index in [0.29, 0.717) is 5.03 Å². The first-order chi connectivity index (χ1) is 13.6. The van der Waals surface area contributed by atoms with Crippen LogP contribution in [0, 0.1) is 20.8 Å². The van der Waals surface area contributed by atoms with Gasteiger partial charge in [-0.25, -0.2) is 14.2 Å². The molecule has 0 amide bonds. The lowest BCUT2D eigenvalue weighted by atomic mass is 10.1. The molecule has 2 aromatic heterocycles. The predicted octanol–water partition coefficient (Wildman–Crippen LogP) is 4.26. The molecule has 0 saturated heterocycles. The third-order valence-electron chi connectivity index (χ3n) is 5.20. The molecule has 5 nitrogen and oxygen atoms in total. The summed E-state index contributed by atoms with van der Waals surface area (Å²) < 4.78 is 13.0. The largest absolute Gasteiger partial charge is 0.323 e. The highest BCUT2D eigenvalue weighted by molar-refractivity contribution is 7.85. The Hall–Kier alpha value is -2.09. The second kappa shape index (κ2) is 8.11. The van der Waals surface area contributed by atoms with Crippen molar-refractivity contribution in [3.05, 3.63) is 57.5 Å². The zero-order valence-electron chi connectivity index (χ0n) is 16.4. The summed E-state index contributed by atoms with van der Waals surface area (Å²) in [5.74, 6) is 0.719. The second-order valence-corrected chi connectivity index (χ2v) is 9.38. The summed E-state index contributed by atoms with van der Waals surface area (Å²) in [5.41, 5.74) is 4.73. The van der Waals surface area contributed by atoms with E-state index in [2.05, 4.69) is 52.4 Å². The van der Waals surface area contributed by atoms with Crippen LogP contribution in [0.4, 0.5) is 11.5 Å². The highest BCUT2D eigenvalue weighted by Gasteiger charge is 2.31. The minimum atomic E-state index is -1.29. The zero-order chi connectivity index (χ0) is 19.7. The Morgan fingerprint density at radius 1 is 1.11 bits per heavy atom. The van der Waals surface area contributed by atoms with Gasteiger partial charge >= 0.3 is 0 Å². The van der Waals surface area contributed by atoms with E-state index in [4.69, 9.17) is 0 Å². The molecule has 0 aliphatic carbocycles. The Morgan fingerprint density at radius 3 is 2.71 bits per heavy atom. The van der Waals surface area contributed by atoms with Gasteiger partial charge in [-0.15, -0.1) is 11.3 Å². The van der Waals surface area contributed by atoms with Crippen molar-refractivity contribution >= 4 is 33.6 Å². The standard InChI is InChI=1S/C21H24N4OS2/c1-14-5-6-18-19(16(14)3)25(20-21(28(18)26)24-10-9-23-20)11-4-8-22-13-17-15(2)7-12-27-17/h5-7,9-10,12,22H,4,8,11,13H2,1-3H3. The van der Waals surface area contributed by atoms with E-state index in [9.17, 15) is 4.21 Å². The van der Waals surface area contributed by atoms with Crippen molar-refractivity contribution < 1.29 is 4.21 Å². The lowest BCUT2D eigenvalue weighted by molar-refractivity contribution is 0.645. The van der Waals surface area contributed by atoms with Gasteiger partial charge in [-0.1, -0.05) is 6.07 Å². The molecule has 7 heteroatoms. The van der Waals surface area contributed by atoms with Crippen LogP contribution in [0.1, 0.15) is 28.0 Å². The van der Waals surface area contributed by atoms with Gasteiger partial charge in [0.15, 0.2) is 10.8 Å². The van der Waals surface area contributed by atoms with Gasteiger partial charge in [0.25, 0.3) is 0 Å². The Balaban J connectivity index is 1.53. The van der Waals surface area contributed by atoms with E-state index in [-0.39, 0.29) is 0 Å². The SMILES string of the molecule is Cc1ccsc1CNCCCN1c2nccnc2S(=O)c2ccc(C)c(C)c21. The van der Waals surface area contributed by atoms with Gasteiger partial charge in [0.2, 0.25) is 0 Å². The van der Waals surface area contributed by atoms with Crippen molar-refractivity contribution in [1.82, 2.24) is 15.3 Å². The molecule has 0 spiro atoms. The molecule has 1 aliphatic heterocycles. The minimum Gasteiger partial charge on any atom is -0.323 e. The molecule has 0 saturated carbocycles. The number of aryl methyl sites for hydroxylation is 2. The monoisotopic (exact) mass is 412 g/mol. The average Bonchev–Trinajstić information content (AvgIpc) is 3.11. The third kappa shape index (κ3) is 3.50. The lowest BCUT2D eigenvalue weighted by Crippen LogP contribution is -2.29. The molecule has 1 unspecified atom stereocenters. The number of hydrogen-bond donors (Lipinski definition) is 1. The van der Waals surface area contributed by atoms with Crippen molar-refractivity contribution in [2.45, 2.75) is 43.7 Å². The highest BCUT2D eigenvalue weighted by atomic mass is 32.2. The number of rotatable bonds is 6. The maximum absolute atomic E-state index is 13.0. The second-order valence-electron chi connectivity index (χ2n) is 7.02. The number of fused-ring (bicyclic) bond motifs is 2. The molecule has 1 atom stereocenters. The smallest absolute Gasteiger partial charge is 0.175 e. The number of nitrogens with one attached hydrogen (secondary N) is 1. The third-order valence-corrected chi connectivity index (χ3v) is 7.59. The van der Waals surface area contributed by atoms with E-state index in [1.807, 2.05) is 12.1 Å². The Kier molecular flexibility index (Phi) is 5.57. The van der Waals surface area contributed by atoms with Crippen LogP contribution in [0.3, 0.4) is 0 Å². The average molecular weight is 413 g/mol. The van der Waals surface area contributed by atoms with Gasteiger partial charge in [-0.05, 0) is 67.9 Å². The fraction of sp³-hybridized carbons (Fsp3) is 0.333. The van der Waals surface area contributed by atoms with Crippen LogP contribution in [0.5, 0.6) is 0 Å². The Morgan fingerprint density at radius 2 is 1.93 bits per heavy atom. The molecule has 3 aromatic rings. The summed E-state index contributed by atoms with van der Waals surface area (Å²) in [6.45, 7) is 8.95. The fourth-order valence-electron chi connectivity index (χ4n) is 3.47. The van der Waals surface area contributed by atoms with Crippen LogP contribution in [0.2, 0.25) is 0 Å². The van der Waals surface area contributed by atoms with Crippen LogP contribution in [0.25, 0.3) is 0 Å². The normalized spacial score (nSPS) is 15.4. The molecule has 0 bridgehead atoms. The van der Waals surface area contributed by atoms with Gasteiger partial charge in [0, 0.05) is 30.4 Å². The van der Waals surface area contributed by atoms with E-state index in [1.165, 1.54) is 16.0 Å². The maximum Gasteiger partial charge on any atom is 0.175 e. The molecule has 0 radical (unpaired) electrons. The number of hydrogen-bond acceptors (Lipinski definition) is 6. The number of thiophene rings is 1. The number of nitrogens with zero attached hydrogens (tertiary/aromatic N) is 3. The van der Waals surface area contributed by atoms with Crippen LogP contribution in [-0.2, 0) is 17.3 Å². The van der Waals surface area contributed by atoms with Gasteiger partial charge < -0.3 is 10.2 Å². The Labute approximate surface area is 172 Å². The van der Waals surface area contributed by atoms with Crippen LogP contribution in [-0.4, -0.2) is 27.3 Å². The molecule has 1 aromatic carbocycles. The molecule has 3 heterocycles. The quantitative estimate of drug-likeness (QED) is 0.613. The van der Waals surface area contributed by atoms with E-state index >= 15 is 0 Å². The van der Waals surface area contributed by atoms with Gasteiger partial charge in [0.1, 0.15) is 10.8 Å². The first kappa shape index (κ1) is 19.2. The molecule has 28 heavy (non-hydrogen) atoms. The molecule has 1 N–H and O–H groups in total. The fourth-order valence-corrected chi connectivity index (χ4v) is 5.67. The summed E-state index contributed by atoms with van der Waals surface area (Å²) in [7, 11) is -1.29. The number of anilines is 2. The van der Waals surface area contributed by atoms with Crippen LogP contribution < -0.4 is 10.2 Å². The summed E-state index contributed by atoms with van der Waals surface area (Å²) >= 11 is 1.80. The molecular weight excluding hydrogens is 388 g/mol. The predicted molar refractivity (Wildman–Crippen MR) is 115 cm³/mol. The lowest BCUT2D eigenvalue weighted by Gasteiger charge is -2.32. The zero-order valence-corrected chi connectivity index (χ0v) is 18.0. The molecule has 4 rings (SSSR count). The number of aromatic nitrogens is 2. The van der Waals surface area contributed by atoms with Crippen molar-refractivity contribution in [1.29, 1.82) is 0 Å². The molecule has 146 valence electrons. The topological polar surface area (TPSA) is 58.1 Å². The van der Waals surface area contributed by atoms with Crippen molar-refractivity contribution in [2.75, 3.05) is 18.0 Å². The van der Waals surface area contributed by atoms with E-state index in [1.54, 1.807) is 23.7 Å². The van der Waals surface area contributed by atoms with Crippen molar-refractivity contribution in [2.24, 2.45) is 0 Å². The van der Waals surface area contributed by atoms with Gasteiger partial charge in [-0.3, -0.25) is 0 Å². The molecular formula is C21H24N4OS2. The summed E-state index contributed by atoms with van der Waals surface area (Å²) in [6.07, 6.45) is 4.25. The molecule has 0 fully saturated rings. The van der Waals surface area contributed by atoms with Gasteiger partial charge in [-0.2, -0.15) is 0 Å². The maximum atomic E-state index is 13.0. The summed E-state index contributed by atoms with van der Waals surface area (Å²) in [4.78, 5) is 13.3. The Bertz CT molecular complexity index is 1030. The van der Waals surface area contributed by atoms with Crippen LogP contribution >= 0.6 is 11.3 Å². The van der Waals surface area contributed by atoms with E-state index in [0.717, 1.165) is 48.0 Å². The first-order valence-corrected chi connectivity index (χ1v) is 11.4. The summed E-state index contributed by atoms with van der Waals surface area (Å²) in [6, 6.07) is 6.17. The van der Waals surface area contributed by atoms with Crippen molar-refractivity contribution in [3.8, 4) is 0 Å². The summed E-state index contributed by atoms with van der Waals surface area (Å²) in [5, 5.41) is 6.23.